The van der Waals surface area contributed by atoms with Crippen LogP contribution in [-0.2, 0) is 5.60 Å². The van der Waals surface area contributed by atoms with E-state index < -0.39 is 5.60 Å². The quantitative estimate of drug-likeness (QED) is 0.448. The first-order valence-corrected chi connectivity index (χ1v) is 8.74. The Balaban J connectivity index is 1.75. The van der Waals surface area contributed by atoms with Crippen LogP contribution < -0.4 is 4.74 Å². The van der Waals surface area contributed by atoms with Gasteiger partial charge >= 0.3 is 0 Å². The number of benzene rings is 4. The average molecular weight is 335 g/mol. The molecule has 0 saturated heterocycles. The molecule has 1 aliphatic heterocycles. The van der Waals surface area contributed by atoms with Crippen LogP contribution in [0.1, 0.15) is 11.1 Å². The molecule has 26 heavy (non-hydrogen) atoms. The highest BCUT2D eigenvalue weighted by Gasteiger charge is 2.38. The Hall–Kier alpha value is -3.39. The second-order valence-corrected chi connectivity index (χ2v) is 6.46. The largest absolute Gasteiger partial charge is 0.470 e. The molecule has 2 heteroatoms. The lowest BCUT2D eigenvalue weighted by molar-refractivity contribution is 0.187. The predicted molar refractivity (Wildman–Crippen MR) is 106 cm³/mol. The molecule has 0 aromatic heterocycles. The number of aliphatic imine (C=N–C) groups is 1. The molecule has 0 aliphatic carbocycles. The van der Waals surface area contributed by atoms with Gasteiger partial charge in [-0.15, -0.1) is 0 Å². The molecule has 0 N–H and O–H groups in total. The third-order valence-electron chi connectivity index (χ3n) is 4.92. The van der Waals surface area contributed by atoms with Gasteiger partial charge in [0.05, 0.1) is 6.21 Å². The van der Waals surface area contributed by atoms with Crippen molar-refractivity contribution in [2.24, 2.45) is 4.99 Å². The summed E-state index contributed by atoms with van der Waals surface area (Å²) < 4.78 is 6.65. The van der Waals surface area contributed by atoms with E-state index in [4.69, 9.17) is 9.73 Å². The van der Waals surface area contributed by atoms with Gasteiger partial charge in [-0.2, -0.15) is 0 Å². The molecule has 124 valence electrons. The fourth-order valence-electron chi connectivity index (χ4n) is 3.61. The minimum absolute atomic E-state index is 0.724. The van der Waals surface area contributed by atoms with Crippen molar-refractivity contribution >= 4 is 22.7 Å². The van der Waals surface area contributed by atoms with Gasteiger partial charge in [0.25, 0.3) is 0 Å². The Morgan fingerprint density at radius 3 is 1.92 bits per heavy atom. The maximum atomic E-state index is 6.65. The van der Waals surface area contributed by atoms with Crippen molar-refractivity contribution in [2.45, 2.75) is 5.60 Å². The fourth-order valence-corrected chi connectivity index (χ4v) is 3.61. The van der Waals surface area contributed by atoms with E-state index in [9.17, 15) is 0 Å². The van der Waals surface area contributed by atoms with Crippen molar-refractivity contribution in [1.82, 2.24) is 0 Å². The van der Waals surface area contributed by atoms with E-state index in [1.807, 2.05) is 60.8 Å². The van der Waals surface area contributed by atoms with Gasteiger partial charge in [-0.3, -0.25) is 4.99 Å². The topological polar surface area (TPSA) is 21.6 Å². The van der Waals surface area contributed by atoms with Gasteiger partial charge in [-0.25, -0.2) is 0 Å². The molecule has 0 radical (unpaired) electrons. The van der Waals surface area contributed by atoms with Crippen molar-refractivity contribution in [3.8, 4) is 5.75 Å². The van der Waals surface area contributed by atoms with Crippen LogP contribution in [0, 0.1) is 0 Å². The second kappa shape index (κ2) is 5.85. The molecule has 0 saturated carbocycles. The fraction of sp³-hybridized carbons (Fsp3) is 0.0417. The van der Waals surface area contributed by atoms with Crippen LogP contribution in [0.5, 0.6) is 5.75 Å². The van der Waals surface area contributed by atoms with E-state index in [2.05, 4.69) is 42.5 Å². The Kier molecular flexibility index (Phi) is 3.36. The number of hydrogen-bond acceptors (Lipinski definition) is 2. The molecule has 4 aromatic carbocycles. The van der Waals surface area contributed by atoms with Crippen LogP contribution in [-0.4, -0.2) is 6.21 Å². The van der Waals surface area contributed by atoms with E-state index in [1.54, 1.807) is 0 Å². The number of ether oxygens (including phenoxy) is 1. The summed E-state index contributed by atoms with van der Waals surface area (Å²) in [6, 6.07) is 32.9. The van der Waals surface area contributed by atoms with Crippen LogP contribution in [0.3, 0.4) is 0 Å². The zero-order valence-electron chi connectivity index (χ0n) is 14.2. The normalized spacial score (nSPS) is 14.6. The summed E-state index contributed by atoms with van der Waals surface area (Å²) >= 11 is 0. The van der Waals surface area contributed by atoms with Crippen molar-refractivity contribution < 1.29 is 4.74 Å². The number of fused-ring (bicyclic) bond motifs is 3. The number of nitrogens with zero attached hydrogens (tertiary/aromatic N) is 1. The van der Waals surface area contributed by atoms with E-state index in [1.165, 1.54) is 5.39 Å². The molecule has 0 spiro atoms. The van der Waals surface area contributed by atoms with Gasteiger partial charge in [-0.05, 0) is 11.5 Å². The highest BCUT2D eigenvalue weighted by atomic mass is 16.5. The SMILES string of the molecule is C1=Nc2c(ccc3ccccc23)OC1(c1ccccc1)c1ccccc1. The average Bonchev–Trinajstić information content (AvgIpc) is 2.74. The monoisotopic (exact) mass is 335 g/mol. The molecule has 1 aliphatic rings. The molecule has 0 unspecified atom stereocenters. The van der Waals surface area contributed by atoms with Crippen molar-refractivity contribution in [2.75, 3.05) is 0 Å². The van der Waals surface area contributed by atoms with Crippen molar-refractivity contribution in [1.29, 1.82) is 0 Å². The van der Waals surface area contributed by atoms with Gasteiger partial charge < -0.3 is 4.74 Å². The summed E-state index contributed by atoms with van der Waals surface area (Å²) in [5.41, 5.74) is 2.30. The molecule has 0 amide bonds. The lowest BCUT2D eigenvalue weighted by atomic mass is 9.86. The van der Waals surface area contributed by atoms with Gasteiger partial charge in [0.15, 0.2) is 5.60 Å². The molecule has 5 rings (SSSR count). The molecule has 0 atom stereocenters. The molecule has 0 fully saturated rings. The first-order valence-electron chi connectivity index (χ1n) is 8.74. The van der Waals surface area contributed by atoms with Gasteiger partial charge in [0.1, 0.15) is 11.4 Å². The Morgan fingerprint density at radius 2 is 1.23 bits per heavy atom. The summed E-state index contributed by atoms with van der Waals surface area (Å²) in [7, 11) is 0. The highest BCUT2D eigenvalue weighted by molar-refractivity contribution is 5.99. The van der Waals surface area contributed by atoms with E-state index in [-0.39, 0.29) is 0 Å². The minimum Gasteiger partial charge on any atom is -0.470 e. The van der Waals surface area contributed by atoms with Crippen molar-refractivity contribution in [3.63, 3.8) is 0 Å². The summed E-state index contributed by atoms with van der Waals surface area (Å²) in [6.07, 6.45) is 1.94. The molecule has 4 aromatic rings. The third-order valence-corrected chi connectivity index (χ3v) is 4.92. The predicted octanol–water partition coefficient (Wildman–Crippen LogP) is 5.88. The first kappa shape index (κ1) is 14.9. The molecule has 0 bridgehead atoms. The summed E-state index contributed by atoms with van der Waals surface area (Å²) in [5, 5.41) is 2.27. The first-order chi connectivity index (χ1) is 12.9. The van der Waals surface area contributed by atoms with Crippen LogP contribution >= 0.6 is 0 Å². The zero-order chi connectivity index (χ0) is 17.4. The zero-order valence-corrected chi connectivity index (χ0v) is 14.2. The second-order valence-electron chi connectivity index (χ2n) is 6.46. The van der Waals surface area contributed by atoms with E-state index in [0.29, 0.717) is 0 Å². The van der Waals surface area contributed by atoms with Crippen LogP contribution in [0.2, 0.25) is 0 Å². The molecule has 2 nitrogen and oxygen atoms in total. The Morgan fingerprint density at radius 1 is 0.615 bits per heavy atom. The third kappa shape index (κ3) is 2.23. The van der Waals surface area contributed by atoms with Gasteiger partial charge in [-0.1, -0.05) is 91.0 Å². The number of rotatable bonds is 2. The highest BCUT2D eigenvalue weighted by Crippen LogP contribution is 2.45. The Bertz CT molecular complexity index is 1060. The smallest absolute Gasteiger partial charge is 0.194 e. The van der Waals surface area contributed by atoms with Crippen LogP contribution in [0.15, 0.2) is 102 Å². The molecular weight excluding hydrogens is 318 g/mol. The summed E-state index contributed by atoms with van der Waals surface area (Å²) in [5.74, 6) is 0.805. The standard InChI is InChI=1S/C24H17NO/c1-3-10-19(11-4-1)24(20-12-5-2-6-13-20)17-25-23-21-14-8-7-9-18(21)15-16-22(23)26-24/h1-17H. The lowest BCUT2D eigenvalue weighted by Gasteiger charge is -2.35. The van der Waals surface area contributed by atoms with Gasteiger partial charge in [0, 0.05) is 16.5 Å². The number of hydrogen-bond donors (Lipinski definition) is 0. The van der Waals surface area contributed by atoms with Crippen LogP contribution in [0.4, 0.5) is 5.69 Å². The van der Waals surface area contributed by atoms with Crippen molar-refractivity contribution in [3.05, 3.63) is 108 Å². The summed E-state index contributed by atoms with van der Waals surface area (Å²) in [4.78, 5) is 4.88. The molecular formula is C24H17NO. The van der Waals surface area contributed by atoms with Gasteiger partial charge in [0.2, 0.25) is 0 Å². The molecule has 1 heterocycles. The Labute approximate surface area is 152 Å². The maximum Gasteiger partial charge on any atom is 0.194 e. The van der Waals surface area contributed by atoms with Crippen LogP contribution in [0.25, 0.3) is 10.8 Å². The van der Waals surface area contributed by atoms with E-state index >= 15 is 0 Å². The van der Waals surface area contributed by atoms with E-state index in [0.717, 1.165) is 28.0 Å². The summed E-state index contributed by atoms with van der Waals surface area (Å²) in [6.45, 7) is 0. The maximum absolute atomic E-state index is 6.65. The lowest BCUT2D eigenvalue weighted by Crippen LogP contribution is -2.37. The minimum atomic E-state index is -0.724.